The lowest BCUT2D eigenvalue weighted by atomic mass is 10.0. The fourth-order valence-corrected chi connectivity index (χ4v) is 3.01. The zero-order chi connectivity index (χ0) is 14.5. The molecule has 3 rings (SSSR count). The molecule has 0 amide bonds. The third kappa shape index (κ3) is 3.20. The maximum atomic E-state index is 8.98. The van der Waals surface area contributed by atoms with Crippen molar-refractivity contribution >= 4 is 10.8 Å². The minimum absolute atomic E-state index is 0.134. The Hall–Kier alpha value is -1.98. The Morgan fingerprint density at radius 2 is 1.90 bits per heavy atom. The molecule has 2 aromatic carbocycles. The lowest BCUT2D eigenvalue weighted by Gasteiger charge is -2.14. The third-order valence-electron chi connectivity index (χ3n) is 4.13. The lowest BCUT2D eigenvalue weighted by Crippen LogP contribution is -2.08. The zero-order valence-corrected chi connectivity index (χ0v) is 12.1. The lowest BCUT2D eigenvalue weighted by molar-refractivity contribution is 0.252. The van der Waals surface area contributed by atoms with Crippen molar-refractivity contribution in [2.75, 3.05) is 13.2 Å². The van der Waals surface area contributed by atoms with Gasteiger partial charge in [0.1, 0.15) is 12.4 Å². The van der Waals surface area contributed by atoms with Crippen LogP contribution in [0.3, 0.4) is 0 Å². The highest BCUT2D eigenvalue weighted by atomic mass is 16.5. The van der Waals surface area contributed by atoms with Crippen LogP contribution in [0, 0.1) is 17.8 Å². The fraction of sp³-hybridized carbons (Fsp3) is 0.368. The van der Waals surface area contributed by atoms with E-state index in [0.29, 0.717) is 5.92 Å². The van der Waals surface area contributed by atoms with Crippen LogP contribution >= 0.6 is 0 Å². The van der Waals surface area contributed by atoms with E-state index in [0.717, 1.165) is 28.7 Å². The summed E-state index contributed by atoms with van der Waals surface area (Å²) < 4.78 is 6.04. The van der Waals surface area contributed by atoms with E-state index < -0.39 is 0 Å². The second-order valence-corrected chi connectivity index (χ2v) is 5.58. The molecule has 0 radical (unpaired) electrons. The molecule has 0 saturated heterocycles. The van der Waals surface area contributed by atoms with Crippen molar-refractivity contribution in [2.45, 2.75) is 25.7 Å². The Morgan fingerprint density at radius 1 is 1.10 bits per heavy atom. The van der Waals surface area contributed by atoms with E-state index in [9.17, 15) is 0 Å². The monoisotopic (exact) mass is 280 g/mol. The Morgan fingerprint density at radius 3 is 2.71 bits per heavy atom. The van der Waals surface area contributed by atoms with Crippen LogP contribution in [0.4, 0.5) is 0 Å². The van der Waals surface area contributed by atoms with Gasteiger partial charge in [0.15, 0.2) is 0 Å². The second kappa shape index (κ2) is 6.65. The van der Waals surface area contributed by atoms with Crippen LogP contribution in [0.25, 0.3) is 10.8 Å². The molecule has 1 aliphatic rings. The third-order valence-corrected chi connectivity index (χ3v) is 4.13. The molecule has 2 heteroatoms. The van der Waals surface area contributed by atoms with Gasteiger partial charge < -0.3 is 9.84 Å². The van der Waals surface area contributed by atoms with Crippen molar-refractivity contribution in [3.63, 3.8) is 0 Å². The van der Waals surface area contributed by atoms with E-state index in [1.165, 1.54) is 25.7 Å². The Labute approximate surface area is 125 Å². The molecule has 0 spiro atoms. The SMILES string of the molecule is OCC#Cc1c(OCC2CCCC2)ccc2ccccc12. The molecule has 108 valence electrons. The van der Waals surface area contributed by atoms with E-state index in [4.69, 9.17) is 9.84 Å². The molecule has 0 atom stereocenters. The highest BCUT2D eigenvalue weighted by Gasteiger charge is 2.16. The summed E-state index contributed by atoms with van der Waals surface area (Å²) in [7, 11) is 0. The summed E-state index contributed by atoms with van der Waals surface area (Å²) in [6.45, 7) is 0.636. The summed E-state index contributed by atoms with van der Waals surface area (Å²) in [5.74, 6) is 7.32. The molecular formula is C19H20O2. The summed E-state index contributed by atoms with van der Waals surface area (Å²) in [4.78, 5) is 0. The molecule has 0 unspecified atom stereocenters. The van der Waals surface area contributed by atoms with Crippen molar-refractivity contribution in [1.82, 2.24) is 0 Å². The Bertz CT molecular complexity index is 673. The molecule has 2 nitrogen and oxygen atoms in total. The van der Waals surface area contributed by atoms with Crippen molar-refractivity contribution in [3.8, 4) is 17.6 Å². The predicted molar refractivity (Wildman–Crippen MR) is 85.4 cm³/mol. The number of ether oxygens (including phenoxy) is 1. The van der Waals surface area contributed by atoms with Crippen LogP contribution in [-0.2, 0) is 0 Å². The van der Waals surface area contributed by atoms with E-state index >= 15 is 0 Å². The van der Waals surface area contributed by atoms with Crippen molar-refractivity contribution in [2.24, 2.45) is 5.92 Å². The quantitative estimate of drug-likeness (QED) is 0.868. The average molecular weight is 280 g/mol. The number of fused-ring (bicyclic) bond motifs is 1. The average Bonchev–Trinajstić information content (AvgIpc) is 3.04. The Balaban J connectivity index is 1.92. The number of aliphatic hydroxyl groups excluding tert-OH is 1. The minimum atomic E-state index is -0.134. The first-order chi connectivity index (χ1) is 10.4. The van der Waals surface area contributed by atoms with Crippen LogP contribution in [-0.4, -0.2) is 18.3 Å². The van der Waals surface area contributed by atoms with Crippen LogP contribution in [0.1, 0.15) is 31.2 Å². The topological polar surface area (TPSA) is 29.5 Å². The summed E-state index contributed by atoms with van der Waals surface area (Å²) >= 11 is 0. The van der Waals surface area contributed by atoms with Crippen molar-refractivity contribution < 1.29 is 9.84 Å². The number of hydrogen-bond donors (Lipinski definition) is 1. The highest BCUT2D eigenvalue weighted by Crippen LogP contribution is 2.30. The first-order valence-corrected chi connectivity index (χ1v) is 7.63. The maximum absolute atomic E-state index is 8.98. The van der Waals surface area contributed by atoms with Gasteiger partial charge in [-0.1, -0.05) is 55.0 Å². The molecule has 0 bridgehead atoms. The summed E-state index contributed by atoms with van der Waals surface area (Å²) in [6, 6.07) is 12.2. The number of aliphatic hydroxyl groups is 1. The van der Waals surface area contributed by atoms with Gasteiger partial charge in [-0.3, -0.25) is 0 Å². The summed E-state index contributed by atoms with van der Waals surface area (Å²) in [6.07, 6.45) is 5.18. The molecule has 21 heavy (non-hydrogen) atoms. The van der Waals surface area contributed by atoms with E-state index in [1.54, 1.807) is 0 Å². The fourth-order valence-electron chi connectivity index (χ4n) is 3.01. The Kier molecular flexibility index (Phi) is 4.43. The van der Waals surface area contributed by atoms with Gasteiger partial charge in [-0.05, 0) is 30.2 Å². The van der Waals surface area contributed by atoms with Gasteiger partial charge in [-0.25, -0.2) is 0 Å². The number of rotatable bonds is 3. The molecular weight excluding hydrogens is 260 g/mol. The molecule has 2 aromatic rings. The first-order valence-electron chi connectivity index (χ1n) is 7.63. The van der Waals surface area contributed by atoms with Crippen molar-refractivity contribution in [3.05, 3.63) is 42.0 Å². The number of hydrogen-bond acceptors (Lipinski definition) is 2. The normalized spacial score (nSPS) is 14.9. The molecule has 0 aliphatic heterocycles. The van der Waals surface area contributed by atoms with Crippen LogP contribution in [0.2, 0.25) is 0 Å². The van der Waals surface area contributed by atoms with Gasteiger partial charge in [-0.15, -0.1) is 0 Å². The summed E-state index contributed by atoms with van der Waals surface area (Å²) in [5.41, 5.74) is 0.889. The van der Waals surface area contributed by atoms with E-state index in [1.807, 2.05) is 18.2 Å². The van der Waals surface area contributed by atoms with Gasteiger partial charge >= 0.3 is 0 Å². The standard InChI is InChI=1S/C19H20O2/c20-13-5-10-18-17-9-4-3-8-16(17)11-12-19(18)21-14-15-6-1-2-7-15/h3-4,8-9,11-12,15,20H,1-2,6-7,13-14H2. The van der Waals surface area contributed by atoms with E-state index in [-0.39, 0.29) is 6.61 Å². The van der Waals surface area contributed by atoms with Gasteiger partial charge in [0.05, 0.1) is 12.2 Å². The minimum Gasteiger partial charge on any atom is -0.492 e. The largest absolute Gasteiger partial charge is 0.492 e. The van der Waals surface area contributed by atoms with Crippen molar-refractivity contribution in [1.29, 1.82) is 0 Å². The first kappa shape index (κ1) is 14.0. The molecule has 1 N–H and O–H groups in total. The molecule has 1 saturated carbocycles. The van der Waals surface area contributed by atoms with Crippen LogP contribution in [0.15, 0.2) is 36.4 Å². The van der Waals surface area contributed by atoms with E-state index in [2.05, 4.69) is 30.0 Å². The summed E-state index contributed by atoms with van der Waals surface area (Å²) in [5, 5.41) is 11.2. The maximum Gasteiger partial charge on any atom is 0.135 e. The number of benzene rings is 2. The predicted octanol–water partition coefficient (Wildman–Crippen LogP) is 3.75. The zero-order valence-electron chi connectivity index (χ0n) is 12.1. The smallest absolute Gasteiger partial charge is 0.135 e. The second-order valence-electron chi connectivity index (χ2n) is 5.58. The van der Waals surface area contributed by atoms with Gasteiger partial charge in [0, 0.05) is 5.39 Å². The van der Waals surface area contributed by atoms with Gasteiger partial charge in [0.2, 0.25) is 0 Å². The van der Waals surface area contributed by atoms with Crippen LogP contribution in [0.5, 0.6) is 5.75 Å². The molecule has 0 heterocycles. The molecule has 1 fully saturated rings. The molecule has 0 aromatic heterocycles. The van der Waals surface area contributed by atoms with Gasteiger partial charge in [0.25, 0.3) is 0 Å². The molecule has 1 aliphatic carbocycles. The van der Waals surface area contributed by atoms with Crippen LogP contribution < -0.4 is 4.74 Å². The van der Waals surface area contributed by atoms with Gasteiger partial charge in [-0.2, -0.15) is 0 Å². The highest BCUT2D eigenvalue weighted by molar-refractivity contribution is 5.90.